The summed E-state index contributed by atoms with van der Waals surface area (Å²) in [5, 5.41) is 16.2. The largest absolute Gasteiger partial charge is 0.370 e. The van der Waals surface area contributed by atoms with Crippen molar-refractivity contribution in [2.75, 3.05) is 37.6 Å². The average Bonchev–Trinajstić information content (AvgIpc) is 2.72. The van der Waals surface area contributed by atoms with Crippen LogP contribution >= 0.6 is 0 Å². The summed E-state index contributed by atoms with van der Waals surface area (Å²) >= 11 is 0. The average molecular weight is 342 g/mol. The Morgan fingerprint density at radius 2 is 1.96 bits per heavy atom. The van der Waals surface area contributed by atoms with Gasteiger partial charge in [0.05, 0.1) is 9.82 Å². The van der Waals surface area contributed by atoms with E-state index < -0.39 is 14.9 Å². The van der Waals surface area contributed by atoms with Crippen molar-refractivity contribution in [1.29, 1.82) is 0 Å². The maximum atomic E-state index is 11.6. The molecule has 0 spiro atoms. The molecule has 0 saturated carbocycles. The molecule has 0 radical (unpaired) electrons. The highest BCUT2D eigenvalue weighted by Crippen LogP contribution is 2.27. The fraction of sp³-hybridized carbons (Fsp3) is 0.571. The van der Waals surface area contributed by atoms with Crippen molar-refractivity contribution in [3.63, 3.8) is 0 Å². The molecule has 9 heteroatoms. The van der Waals surface area contributed by atoms with E-state index >= 15 is 0 Å². The van der Waals surface area contributed by atoms with Crippen LogP contribution in [0.3, 0.4) is 0 Å². The van der Waals surface area contributed by atoms with E-state index in [0.29, 0.717) is 12.2 Å². The number of non-ortho nitro benzene ring substituents is 1. The number of anilines is 1. The minimum atomic E-state index is -3.99. The van der Waals surface area contributed by atoms with Crippen LogP contribution in [0.4, 0.5) is 11.4 Å². The van der Waals surface area contributed by atoms with E-state index in [4.69, 9.17) is 5.14 Å². The molecule has 1 fully saturated rings. The highest BCUT2D eigenvalue weighted by molar-refractivity contribution is 7.89. The molecule has 23 heavy (non-hydrogen) atoms. The van der Waals surface area contributed by atoms with Crippen molar-refractivity contribution in [2.45, 2.75) is 24.7 Å². The van der Waals surface area contributed by atoms with Gasteiger partial charge in [0.1, 0.15) is 0 Å². The lowest BCUT2D eigenvalue weighted by Crippen LogP contribution is -2.31. The molecule has 0 aromatic heterocycles. The van der Waals surface area contributed by atoms with Crippen LogP contribution < -0.4 is 10.0 Å². The molecule has 1 aliphatic heterocycles. The number of hydrogen-bond donors (Lipinski definition) is 1. The smallest absolute Gasteiger partial charge is 0.272 e. The standard InChI is InChI=1S/C14H22N4O4S/c1-2-4-16-5-3-6-17(8-7-16)12-9-13(18(19)20)11-14(10-12)23(15,21)22/h9-11H,2-8H2,1H3,(H2,15,21,22). The first-order valence-electron chi connectivity index (χ1n) is 7.61. The van der Waals surface area contributed by atoms with Crippen molar-refractivity contribution >= 4 is 21.4 Å². The minimum absolute atomic E-state index is 0.226. The summed E-state index contributed by atoms with van der Waals surface area (Å²) in [6.07, 6.45) is 2.00. The van der Waals surface area contributed by atoms with E-state index in [9.17, 15) is 18.5 Å². The van der Waals surface area contributed by atoms with Gasteiger partial charge in [-0.1, -0.05) is 6.92 Å². The maximum absolute atomic E-state index is 11.6. The Morgan fingerprint density at radius 3 is 2.57 bits per heavy atom. The number of sulfonamides is 1. The molecule has 0 aliphatic carbocycles. The third kappa shape index (κ3) is 4.63. The number of rotatable bonds is 5. The Morgan fingerprint density at radius 1 is 1.22 bits per heavy atom. The predicted octanol–water partition coefficient (Wildman–Crippen LogP) is 1.16. The quantitative estimate of drug-likeness (QED) is 0.635. The molecular weight excluding hydrogens is 320 g/mol. The molecule has 1 aliphatic rings. The first-order valence-corrected chi connectivity index (χ1v) is 9.15. The van der Waals surface area contributed by atoms with Gasteiger partial charge in [0.25, 0.3) is 5.69 Å². The van der Waals surface area contributed by atoms with Gasteiger partial charge in [0.2, 0.25) is 10.0 Å². The van der Waals surface area contributed by atoms with Crippen molar-refractivity contribution in [3.05, 3.63) is 28.3 Å². The van der Waals surface area contributed by atoms with Gasteiger partial charge in [-0.2, -0.15) is 0 Å². The van der Waals surface area contributed by atoms with Crippen molar-refractivity contribution in [2.24, 2.45) is 5.14 Å². The number of benzene rings is 1. The van der Waals surface area contributed by atoms with Crippen LogP contribution in [0.2, 0.25) is 0 Å². The summed E-state index contributed by atoms with van der Waals surface area (Å²) in [4.78, 5) is 14.6. The van der Waals surface area contributed by atoms with Crippen LogP contribution in [0.1, 0.15) is 19.8 Å². The second kappa shape index (κ2) is 7.24. The topological polar surface area (TPSA) is 110 Å². The van der Waals surface area contributed by atoms with E-state index in [1.54, 1.807) is 0 Å². The zero-order valence-corrected chi connectivity index (χ0v) is 14.0. The number of nitrogens with two attached hydrogens (primary N) is 1. The Hall–Kier alpha value is -1.71. The molecule has 1 aromatic carbocycles. The van der Waals surface area contributed by atoms with E-state index in [1.165, 1.54) is 12.1 Å². The van der Waals surface area contributed by atoms with Gasteiger partial charge < -0.3 is 9.80 Å². The zero-order chi connectivity index (χ0) is 17.0. The lowest BCUT2D eigenvalue weighted by molar-refractivity contribution is -0.385. The molecule has 0 unspecified atom stereocenters. The molecule has 128 valence electrons. The van der Waals surface area contributed by atoms with Crippen LogP contribution in [0.15, 0.2) is 23.1 Å². The molecule has 2 N–H and O–H groups in total. The Kier molecular flexibility index (Phi) is 5.55. The third-order valence-electron chi connectivity index (χ3n) is 3.91. The van der Waals surface area contributed by atoms with Gasteiger partial charge in [-0.15, -0.1) is 0 Å². The van der Waals surface area contributed by atoms with Gasteiger partial charge in [-0.25, -0.2) is 13.6 Å². The minimum Gasteiger partial charge on any atom is -0.370 e. The number of hydrogen-bond acceptors (Lipinski definition) is 6. The summed E-state index contributed by atoms with van der Waals surface area (Å²) in [7, 11) is -3.99. The first-order chi connectivity index (χ1) is 10.8. The number of nitro groups is 1. The SMILES string of the molecule is CCCN1CCCN(c2cc([N+](=O)[O-])cc(S(N)(=O)=O)c2)CC1. The third-order valence-corrected chi connectivity index (χ3v) is 4.80. The van der Waals surface area contributed by atoms with E-state index in [-0.39, 0.29) is 10.6 Å². The van der Waals surface area contributed by atoms with E-state index in [1.807, 2.05) is 4.90 Å². The van der Waals surface area contributed by atoms with Gasteiger partial charge in [0, 0.05) is 37.5 Å². The van der Waals surface area contributed by atoms with E-state index in [0.717, 1.165) is 45.1 Å². The maximum Gasteiger partial charge on any atom is 0.272 e. The van der Waals surface area contributed by atoms with Crippen LogP contribution in [0, 0.1) is 10.1 Å². The highest BCUT2D eigenvalue weighted by atomic mass is 32.2. The van der Waals surface area contributed by atoms with Gasteiger partial charge in [-0.05, 0) is 32.0 Å². The monoisotopic (exact) mass is 342 g/mol. The first kappa shape index (κ1) is 17.6. The number of nitro benzene ring substituents is 1. The number of primary sulfonamides is 1. The molecule has 0 amide bonds. The van der Waals surface area contributed by atoms with Crippen molar-refractivity contribution < 1.29 is 13.3 Å². The zero-order valence-electron chi connectivity index (χ0n) is 13.1. The van der Waals surface area contributed by atoms with Crippen LogP contribution in [0.25, 0.3) is 0 Å². The molecule has 1 saturated heterocycles. The second-order valence-corrected chi connectivity index (χ2v) is 7.23. The lowest BCUT2D eigenvalue weighted by Gasteiger charge is -2.23. The van der Waals surface area contributed by atoms with Crippen molar-refractivity contribution in [1.82, 2.24) is 4.90 Å². The Balaban J connectivity index is 2.31. The summed E-state index contributed by atoms with van der Waals surface area (Å²) < 4.78 is 23.2. The van der Waals surface area contributed by atoms with Crippen LogP contribution in [-0.4, -0.2) is 51.0 Å². The van der Waals surface area contributed by atoms with Gasteiger partial charge in [-0.3, -0.25) is 10.1 Å². The Bertz CT molecular complexity index is 677. The predicted molar refractivity (Wildman–Crippen MR) is 88.0 cm³/mol. The molecule has 0 bridgehead atoms. The van der Waals surface area contributed by atoms with Crippen LogP contribution in [0.5, 0.6) is 0 Å². The van der Waals surface area contributed by atoms with Crippen LogP contribution in [-0.2, 0) is 10.0 Å². The fourth-order valence-electron chi connectivity index (χ4n) is 2.79. The Labute approximate surface area is 136 Å². The molecule has 0 atom stereocenters. The van der Waals surface area contributed by atoms with E-state index in [2.05, 4.69) is 11.8 Å². The summed E-state index contributed by atoms with van der Waals surface area (Å²) in [6, 6.07) is 3.82. The fourth-order valence-corrected chi connectivity index (χ4v) is 3.36. The van der Waals surface area contributed by atoms with Gasteiger partial charge >= 0.3 is 0 Å². The van der Waals surface area contributed by atoms with Gasteiger partial charge in [0.15, 0.2) is 0 Å². The van der Waals surface area contributed by atoms with Crippen molar-refractivity contribution in [3.8, 4) is 0 Å². The second-order valence-electron chi connectivity index (χ2n) is 5.67. The molecule has 1 heterocycles. The summed E-state index contributed by atoms with van der Waals surface area (Å²) in [5.41, 5.74) is 0.266. The molecule has 1 aromatic rings. The summed E-state index contributed by atoms with van der Waals surface area (Å²) in [5.74, 6) is 0. The highest BCUT2D eigenvalue weighted by Gasteiger charge is 2.21. The summed E-state index contributed by atoms with van der Waals surface area (Å²) in [6.45, 7) is 6.39. The number of nitrogens with zero attached hydrogens (tertiary/aromatic N) is 3. The molecule has 2 rings (SSSR count). The lowest BCUT2D eigenvalue weighted by atomic mass is 10.2. The normalized spacial score (nSPS) is 17.0. The molecule has 8 nitrogen and oxygen atoms in total. The molecular formula is C14H22N4O4S.